The monoisotopic (exact) mass is 309 g/mol. The lowest BCUT2D eigenvalue weighted by Gasteiger charge is -2.28. The average molecular weight is 309 g/mol. The van der Waals surface area contributed by atoms with Gasteiger partial charge in [-0.25, -0.2) is 8.78 Å². The van der Waals surface area contributed by atoms with Gasteiger partial charge < -0.3 is 10.4 Å². The Morgan fingerprint density at radius 2 is 2.00 bits per heavy atom. The molecule has 3 rings (SSSR count). The third kappa shape index (κ3) is 2.74. The topological polar surface area (TPSA) is 49.3 Å². The summed E-state index contributed by atoms with van der Waals surface area (Å²) in [5, 5.41) is 12.8. The molecule has 2 atom stereocenters. The summed E-state index contributed by atoms with van der Waals surface area (Å²) < 4.78 is 27.3. The molecule has 1 aromatic carbocycles. The van der Waals surface area contributed by atoms with Crippen LogP contribution in [0.15, 0.2) is 18.2 Å². The molecule has 2 N–H and O–H groups in total. The molecule has 3 nitrogen and oxygen atoms in total. The predicted octanol–water partition coefficient (Wildman–Crippen LogP) is 2.66. The minimum Gasteiger partial charge on any atom is -0.393 e. The number of rotatable bonds is 4. The highest BCUT2D eigenvalue weighted by atomic mass is 19.2. The molecule has 0 spiro atoms. The number of hydrogen-bond acceptors (Lipinski definition) is 2. The Morgan fingerprint density at radius 1 is 1.27 bits per heavy atom. The van der Waals surface area contributed by atoms with E-state index in [2.05, 4.69) is 5.32 Å². The maximum atomic E-state index is 14.0. The van der Waals surface area contributed by atoms with Crippen molar-refractivity contribution in [3.63, 3.8) is 0 Å². The summed E-state index contributed by atoms with van der Waals surface area (Å²) in [6.45, 7) is 0.401. The first-order chi connectivity index (χ1) is 10.5. The van der Waals surface area contributed by atoms with Crippen LogP contribution in [0.2, 0.25) is 0 Å². The Bertz CT molecular complexity index is 572. The van der Waals surface area contributed by atoms with Gasteiger partial charge in [-0.15, -0.1) is 0 Å². The van der Waals surface area contributed by atoms with E-state index in [0.29, 0.717) is 19.4 Å². The fourth-order valence-corrected chi connectivity index (χ4v) is 3.44. The second-order valence-electron chi connectivity index (χ2n) is 6.51. The Kier molecular flexibility index (Phi) is 4.17. The molecule has 2 fully saturated rings. The van der Waals surface area contributed by atoms with E-state index < -0.39 is 17.0 Å². The zero-order chi connectivity index (χ0) is 15.7. The van der Waals surface area contributed by atoms with Gasteiger partial charge in [0.25, 0.3) is 0 Å². The third-order valence-corrected chi connectivity index (χ3v) is 5.05. The van der Waals surface area contributed by atoms with Crippen LogP contribution in [0.5, 0.6) is 0 Å². The SMILES string of the molecule is O=C(NCC1CCCCC1O)C1(c2cccc(F)c2F)CC1. The van der Waals surface area contributed by atoms with E-state index in [1.54, 1.807) is 0 Å². The van der Waals surface area contributed by atoms with Gasteiger partial charge in [0.1, 0.15) is 0 Å². The second-order valence-corrected chi connectivity index (χ2v) is 6.51. The molecule has 2 aliphatic rings. The summed E-state index contributed by atoms with van der Waals surface area (Å²) in [4.78, 5) is 12.5. The Morgan fingerprint density at radius 3 is 2.68 bits per heavy atom. The van der Waals surface area contributed by atoms with Gasteiger partial charge in [0.15, 0.2) is 11.6 Å². The van der Waals surface area contributed by atoms with Crippen LogP contribution >= 0.6 is 0 Å². The molecule has 0 bridgehead atoms. The molecular weight excluding hydrogens is 288 g/mol. The molecule has 120 valence electrons. The Labute approximate surface area is 128 Å². The second kappa shape index (κ2) is 5.95. The normalized spacial score (nSPS) is 26.5. The van der Waals surface area contributed by atoms with Gasteiger partial charge >= 0.3 is 0 Å². The van der Waals surface area contributed by atoms with Crippen molar-refractivity contribution in [1.29, 1.82) is 0 Å². The molecule has 5 heteroatoms. The van der Waals surface area contributed by atoms with Gasteiger partial charge in [0.05, 0.1) is 11.5 Å². The Hall–Kier alpha value is -1.49. The van der Waals surface area contributed by atoms with Crippen LogP contribution in [-0.2, 0) is 10.2 Å². The number of benzene rings is 1. The van der Waals surface area contributed by atoms with Gasteiger partial charge in [0.2, 0.25) is 5.91 Å². The van der Waals surface area contributed by atoms with Crippen molar-refractivity contribution in [3.8, 4) is 0 Å². The smallest absolute Gasteiger partial charge is 0.230 e. The maximum Gasteiger partial charge on any atom is 0.230 e. The van der Waals surface area contributed by atoms with Crippen molar-refractivity contribution < 1.29 is 18.7 Å². The number of halogens is 2. The van der Waals surface area contributed by atoms with E-state index in [-0.39, 0.29) is 23.5 Å². The van der Waals surface area contributed by atoms with Crippen LogP contribution in [0.4, 0.5) is 8.78 Å². The quantitative estimate of drug-likeness (QED) is 0.898. The summed E-state index contributed by atoms with van der Waals surface area (Å²) in [7, 11) is 0. The lowest BCUT2D eigenvalue weighted by atomic mass is 9.86. The van der Waals surface area contributed by atoms with Gasteiger partial charge in [-0.3, -0.25) is 4.79 Å². The summed E-state index contributed by atoms with van der Waals surface area (Å²) in [5.41, 5.74) is -0.777. The number of amides is 1. The molecule has 0 heterocycles. The largest absolute Gasteiger partial charge is 0.393 e. The van der Waals surface area contributed by atoms with Crippen molar-refractivity contribution in [3.05, 3.63) is 35.4 Å². The van der Waals surface area contributed by atoms with Crippen molar-refractivity contribution in [1.82, 2.24) is 5.32 Å². The summed E-state index contributed by atoms with van der Waals surface area (Å²) in [5.74, 6) is -2.03. The molecule has 0 radical (unpaired) electrons. The lowest BCUT2D eigenvalue weighted by molar-refractivity contribution is -0.124. The molecule has 0 aliphatic heterocycles. The van der Waals surface area contributed by atoms with Crippen molar-refractivity contribution >= 4 is 5.91 Å². The highest BCUT2D eigenvalue weighted by Crippen LogP contribution is 2.49. The fourth-order valence-electron chi connectivity index (χ4n) is 3.44. The lowest BCUT2D eigenvalue weighted by Crippen LogP contribution is -2.41. The van der Waals surface area contributed by atoms with Crippen LogP contribution in [0, 0.1) is 17.6 Å². The summed E-state index contributed by atoms with van der Waals surface area (Å²) in [6, 6.07) is 3.98. The summed E-state index contributed by atoms with van der Waals surface area (Å²) in [6.07, 6.45) is 4.42. The van der Waals surface area contributed by atoms with Crippen LogP contribution in [0.1, 0.15) is 44.1 Å². The Balaban J connectivity index is 1.68. The highest BCUT2D eigenvalue weighted by Gasteiger charge is 2.53. The van der Waals surface area contributed by atoms with E-state index in [0.717, 1.165) is 31.7 Å². The summed E-state index contributed by atoms with van der Waals surface area (Å²) >= 11 is 0. The molecule has 2 aliphatic carbocycles. The number of carbonyl (C=O) groups excluding carboxylic acids is 1. The first kappa shape index (κ1) is 15.4. The van der Waals surface area contributed by atoms with E-state index in [1.807, 2.05) is 0 Å². The van der Waals surface area contributed by atoms with E-state index in [9.17, 15) is 18.7 Å². The van der Waals surface area contributed by atoms with E-state index in [4.69, 9.17) is 0 Å². The predicted molar refractivity (Wildman–Crippen MR) is 78.2 cm³/mol. The van der Waals surface area contributed by atoms with Gasteiger partial charge in [0, 0.05) is 18.0 Å². The van der Waals surface area contributed by atoms with Gasteiger partial charge in [-0.1, -0.05) is 25.0 Å². The van der Waals surface area contributed by atoms with Crippen LogP contribution in [0.3, 0.4) is 0 Å². The van der Waals surface area contributed by atoms with Crippen LogP contribution in [0.25, 0.3) is 0 Å². The molecule has 2 saturated carbocycles. The molecule has 2 unspecified atom stereocenters. The molecule has 1 amide bonds. The van der Waals surface area contributed by atoms with Gasteiger partial charge in [-0.05, 0) is 31.7 Å². The molecular formula is C17H21F2NO2. The minimum absolute atomic E-state index is 0.0610. The van der Waals surface area contributed by atoms with Crippen LogP contribution < -0.4 is 5.32 Å². The number of hydrogen-bond donors (Lipinski definition) is 2. The molecule has 22 heavy (non-hydrogen) atoms. The van der Waals surface area contributed by atoms with Crippen LogP contribution in [-0.4, -0.2) is 23.7 Å². The molecule has 1 aromatic rings. The zero-order valence-corrected chi connectivity index (χ0v) is 12.4. The fraction of sp³-hybridized carbons (Fsp3) is 0.588. The number of carbonyl (C=O) groups is 1. The molecule has 0 aromatic heterocycles. The zero-order valence-electron chi connectivity index (χ0n) is 12.4. The maximum absolute atomic E-state index is 14.0. The van der Waals surface area contributed by atoms with Crippen molar-refractivity contribution in [2.45, 2.75) is 50.0 Å². The number of aliphatic hydroxyl groups is 1. The highest BCUT2D eigenvalue weighted by molar-refractivity contribution is 5.91. The van der Waals surface area contributed by atoms with Gasteiger partial charge in [-0.2, -0.15) is 0 Å². The number of nitrogens with one attached hydrogen (secondary N) is 1. The standard InChI is InChI=1S/C17H21F2NO2/c18-13-6-3-5-12(15(13)19)17(8-9-17)16(22)20-10-11-4-1-2-7-14(11)21/h3,5-6,11,14,21H,1-2,4,7-10H2,(H,20,22). The first-order valence-electron chi connectivity index (χ1n) is 7.95. The van der Waals surface area contributed by atoms with Crippen molar-refractivity contribution in [2.75, 3.05) is 6.54 Å². The number of aliphatic hydroxyl groups excluding tert-OH is 1. The van der Waals surface area contributed by atoms with Crippen molar-refractivity contribution in [2.24, 2.45) is 5.92 Å². The average Bonchev–Trinajstić information content (AvgIpc) is 3.30. The first-order valence-corrected chi connectivity index (χ1v) is 7.95. The van der Waals surface area contributed by atoms with E-state index >= 15 is 0 Å². The van der Waals surface area contributed by atoms with E-state index in [1.165, 1.54) is 12.1 Å². The molecule has 0 saturated heterocycles. The minimum atomic E-state index is -0.925. The third-order valence-electron chi connectivity index (χ3n) is 5.05.